The van der Waals surface area contributed by atoms with E-state index in [9.17, 15) is 4.39 Å². The Hall–Kier alpha value is -1.74. The number of benzene rings is 1. The summed E-state index contributed by atoms with van der Waals surface area (Å²) in [7, 11) is 0. The van der Waals surface area contributed by atoms with Crippen LogP contribution in [0.5, 0.6) is 0 Å². The normalized spacial score (nSPS) is 14.1. The highest BCUT2D eigenvalue weighted by molar-refractivity contribution is 5.26. The van der Waals surface area contributed by atoms with Crippen molar-refractivity contribution >= 4 is 0 Å². The highest BCUT2D eigenvalue weighted by Gasteiger charge is 2.23. The fraction of sp³-hybridized carbons (Fsp3) is 0.312. The van der Waals surface area contributed by atoms with Crippen molar-refractivity contribution in [1.82, 2.24) is 4.98 Å². The maximum Gasteiger partial charge on any atom is 0.141 e. The van der Waals surface area contributed by atoms with Crippen LogP contribution in [0.2, 0.25) is 0 Å². The van der Waals surface area contributed by atoms with Crippen LogP contribution in [0.25, 0.3) is 0 Å². The number of aromatic nitrogens is 1. The van der Waals surface area contributed by atoms with Gasteiger partial charge < -0.3 is 5.73 Å². The quantitative estimate of drug-likeness (QED) is 0.914. The lowest BCUT2D eigenvalue weighted by Crippen LogP contribution is -2.36. The second kappa shape index (κ2) is 5.49. The Kier molecular flexibility index (Phi) is 3.96. The lowest BCUT2D eigenvalue weighted by atomic mass is 9.90. The molecule has 1 atom stereocenters. The molecule has 1 unspecified atom stereocenters. The predicted octanol–water partition coefficient (Wildman–Crippen LogP) is 3.20. The zero-order valence-corrected chi connectivity index (χ0v) is 11.4. The Balaban J connectivity index is 2.17. The monoisotopic (exact) mass is 258 g/mol. The summed E-state index contributed by atoms with van der Waals surface area (Å²) < 4.78 is 12.9. The molecule has 0 amide bonds. The van der Waals surface area contributed by atoms with Crippen LogP contribution in [-0.2, 0) is 18.4 Å². The van der Waals surface area contributed by atoms with Crippen LogP contribution in [0.1, 0.15) is 30.7 Å². The van der Waals surface area contributed by atoms with Crippen molar-refractivity contribution < 1.29 is 4.39 Å². The predicted molar refractivity (Wildman–Crippen MR) is 75.3 cm³/mol. The average Bonchev–Trinajstić information content (AvgIpc) is 2.40. The molecule has 0 saturated carbocycles. The number of pyridine rings is 1. The molecule has 100 valence electrons. The molecule has 1 aromatic carbocycles. The lowest BCUT2D eigenvalue weighted by molar-refractivity contribution is 0.472. The highest BCUT2D eigenvalue weighted by atomic mass is 19.1. The minimum absolute atomic E-state index is 0.341. The summed E-state index contributed by atoms with van der Waals surface area (Å²) in [5.41, 5.74) is 8.88. The first-order valence-electron chi connectivity index (χ1n) is 6.50. The van der Waals surface area contributed by atoms with Gasteiger partial charge in [0.2, 0.25) is 0 Å². The van der Waals surface area contributed by atoms with Crippen LogP contribution < -0.4 is 5.73 Å². The smallest absolute Gasteiger partial charge is 0.141 e. The van der Waals surface area contributed by atoms with Gasteiger partial charge in [-0.25, -0.2) is 4.39 Å². The van der Waals surface area contributed by atoms with Crippen molar-refractivity contribution in [3.8, 4) is 0 Å². The molecule has 0 fully saturated rings. The summed E-state index contributed by atoms with van der Waals surface area (Å²) in [5, 5.41) is 0. The molecule has 0 bridgehead atoms. The van der Waals surface area contributed by atoms with Crippen LogP contribution in [0, 0.1) is 5.82 Å². The van der Waals surface area contributed by atoms with Gasteiger partial charge in [0.05, 0.1) is 17.4 Å². The van der Waals surface area contributed by atoms with Gasteiger partial charge in [-0.15, -0.1) is 0 Å². The van der Waals surface area contributed by atoms with E-state index >= 15 is 0 Å². The molecule has 2 aromatic rings. The molecule has 0 radical (unpaired) electrons. The van der Waals surface area contributed by atoms with Gasteiger partial charge in [0, 0.05) is 0 Å². The third kappa shape index (κ3) is 3.38. The van der Waals surface area contributed by atoms with Crippen molar-refractivity contribution in [2.24, 2.45) is 5.73 Å². The first-order chi connectivity index (χ1) is 9.01. The molecule has 19 heavy (non-hydrogen) atoms. The summed E-state index contributed by atoms with van der Waals surface area (Å²) in [6.45, 7) is 4.05. The molecule has 2 N–H and O–H groups in total. The van der Waals surface area contributed by atoms with Crippen molar-refractivity contribution in [2.75, 3.05) is 0 Å². The molecule has 3 heteroatoms. The molecule has 0 aliphatic rings. The molecule has 0 spiro atoms. The zero-order valence-electron chi connectivity index (χ0n) is 11.4. The zero-order chi connectivity index (χ0) is 13.9. The Bertz CT molecular complexity index is 530. The Morgan fingerprint density at radius 1 is 1.11 bits per heavy atom. The van der Waals surface area contributed by atoms with E-state index in [0.717, 1.165) is 12.0 Å². The second-order valence-corrected chi connectivity index (χ2v) is 5.13. The summed E-state index contributed by atoms with van der Waals surface area (Å²) in [4.78, 5) is 4.08. The van der Waals surface area contributed by atoms with Gasteiger partial charge in [-0.2, -0.15) is 0 Å². The van der Waals surface area contributed by atoms with Crippen molar-refractivity contribution in [3.63, 3.8) is 0 Å². The van der Waals surface area contributed by atoms with Gasteiger partial charge in [-0.1, -0.05) is 31.2 Å². The molecular formula is C16H19FN2. The standard InChI is InChI=1S/C16H19FN2/c1-3-12-4-6-13(7-5-12)10-16(2,18)15-9-8-14(17)11-19-15/h4-9,11H,3,10,18H2,1-2H3. The van der Waals surface area contributed by atoms with Crippen molar-refractivity contribution in [1.29, 1.82) is 0 Å². The molecule has 2 nitrogen and oxygen atoms in total. The third-order valence-electron chi connectivity index (χ3n) is 3.32. The van der Waals surface area contributed by atoms with Gasteiger partial charge in [0.25, 0.3) is 0 Å². The van der Waals surface area contributed by atoms with E-state index in [1.165, 1.54) is 17.8 Å². The molecule has 0 aliphatic carbocycles. The van der Waals surface area contributed by atoms with Gasteiger partial charge in [-0.05, 0) is 43.0 Å². The lowest BCUT2D eigenvalue weighted by Gasteiger charge is -2.24. The van der Waals surface area contributed by atoms with E-state index in [2.05, 4.69) is 36.2 Å². The number of nitrogens with two attached hydrogens (primary N) is 1. The third-order valence-corrected chi connectivity index (χ3v) is 3.32. The van der Waals surface area contributed by atoms with Gasteiger partial charge >= 0.3 is 0 Å². The van der Waals surface area contributed by atoms with E-state index in [1.807, 2.05) is 6.92 Å². The first-order valence-corrected chi connectivity index (χ1v) is 6.50. The molecule has 0 saturated heterocycles. The summed E-state index contributed by atoms with van der Waals surface area (Å²) in [6.07, 6.45) is 2.91. The maximum absolute atomic E-state index is 12.9. The van der Waals surface area contributed by atoms with Gasteiger partial charge in [-0.3, -0.25) is 4.98 Å². The van der Waals surface area contributed by atoms with Crippen LogP contribution in [0.4, 0.5) is 4.39 Å². The largest absolute Gasteiger partial charge is 0.320 e. The number of aryl methyl sites for hydroxylation is 1. The number of halogens is 1. The topological polar surface area (TPSA) is 38.9 Å². The molecule has 1 aromatic heterocycles. The van der Waals surface area contributed by atoms with Crippen LogP contribution in [-0.4, -0.2) is 4.98 Å². The van der Waals surface area contributed by atoms with E-state index in [-0.39, 0.29) is 5.82 Å². The summed E-state index contributed by atoms with van der Waals surface area (Å²) in [5.74, 6) is -0.341. The van der Waals surface area contributed by atoms with Crippen molar-refractivity contribution in [2.45, 2.75) is 32.2 Å². The molecule has 1 heterocycles. The first kappa shape index (κ1) is 13.7. The van der Waals surface area contributed by atoms with E-state index in [4.69, 9.17) is 5.73 Å². The number of hydrogen-bond acceptors (Lipinski definition) is 2. The van der Waals surface area contributed by atoms with E-state index in [1.54, 1.807) is 6.07 Å². The van der Waals surface area contributed by atoms with E-state index in [0.29, 0.717) is 12.1 Å². The Morgan fingerprint density at radius 2 is 1.74 bits per heavy atom. The maximum atomic E-state index is 12.9. The Morgan fingerprint density at radius 3 is 2.26 bits per heavy atom. The van der Waals surface area contributed by atoms with Gasteiger partial charge in [0.15, 0.2) is 0 Å². The molecule has 2 rings (SSSR count). The number of nitrogens with zero attached hydrogens (tertiary/aromatic N) is 1. The SMILES string of the molecule is CCc1ccc(CC(C)(N)c2ccc(F)cn2)cc1. The molecule has 0 aliphatic heterocycles. The minimum atomic E-state index is -0.596. The van der Waals surface area contributed by atoms with Gasteiger partial charge in [0.1, 0.15) is 5.82 Å². The number of rotatable bonds is 4. The van der Waals surface area contributed by atoms with Crippen molar-refractivity contribution in [3.05, 3.63) is 65.2 Å². The summed E-state index contributed by atoms with van der Waals surface area (Å²) in [6, 6.07) is 11.5. The fourth-order valence-corrected chi connectivity index (χ4v) is 2.12. The van der Waals surface area contributed by atoms with Crippen LogP contribution >= 0.6 is 0 Å². The Labute approximate surface area is 113 Å². The minimum Gasteiger partial charge on any atom is -0.320 e. The second-order valence-electron chi connectivity index (χ2n) is 5.13. The van der Waals surface area contributed by atoms with E-state index < -0.39 is 5.54 Å². The molecular weight excluding hydrogens is 239 g/mol. The van der Waals surface area contributed by atoms with Crippen LogP contribution in [0.15, 0.2) is 42.6 Å². The van der Waals surface area contributed by atoms with Crippen LogP contribution in [0.3, 0.4) is 0 Å². The number of hydrogen-bond donors (Lipinski definition) is 1. The average molecular weight is 258 g/mol. The fourth-order valence-electron chi connectivity index (χ4n) is 2.12. The summed E-state index contributed by atoms with van der Waals surface area (Å²) >= 11 is 0. The highest BCUT2D eigenvalue weighted by Crippen LogP contribution is 2.21.